The lowest BCUT2D eigenvalue weighted by Gasteiger charge is -2.29. The summed E-state index contributed by atoms with van der Waals surface area (Å²) in [4.78, 5) is 2.41. The minimum Gasteiger partial charge on any atom is -0.455 e. The highest BCUT2D eigenvalue weighted by Crippen LogP contribution is 2.46. The third kappa shape index (κ3) is 5.12. The van der Waals surface area contributed by atoms with Gasteiger partial charge in [-0.15, -0.1) is 0 Å². The van der Waals surface area contributed by atoms with Crippen molar-refractivity contribution in [2.24, 2.45) is 0 Å². The minimum atomic E-state index is 0.884. The maximum absolute atomic E-state index is 6.64. The number of para-hydroxylation sites is 1. The fourth-order valence-electron chi connectivity index (χ4n) is 7.75. The van der Waals surface area contributed by atoms with Gasteiger partial charge < -0.3 is 9.32 Å². The molecule has 0 spiro atoms. The molecule has 0 saturated heterocycles. The molecule has 1 aromatic heterocycles. The van der Waals surface area contributed by atoms with Crippen LogP contribution in [0.3, 0.4) is 0 Å². The minimum absolute atomic E-state index is 0.884. The molecule has 0 aliphatic heterocycles. The Morgan fingerprint density at radius 3 is 1.77 bits per heavy atom. The molecule has 0 bridgehead atoms. The zero-order valence-electron chi connectivity index (χ0n) is 28.4. The Morgan fingerprint density at radius 1 is 0.346 bits per heavy atom. The fourth-order valence-corrected chi connectivity index (χ4v) is 7.75. The summed E-state index contributed by atoms with van der Waals surface area (Å²) in [6.07, 6.45) is 0. The van der Waals surface area contributed by atoms with E-state index in [1.165, 1.54) is 38.4 Å². The van der Waals surface area contributed by atoms with Crippen LogP contribution in [0.15, 0.2) is 205 Å². The average Bonchev–Trinajstić information content (AvgIpc) is 3.61. The average molecular weight is 664 g/mol. The van der Waals surface area contributed by atoms with Gasteiger partial charge in [0.15, 0.2) is 0 Å². The van der Waals surface area contributed by atoms with Gasteiger partial charge >= 0.3 is 0 Å². The van der Waals surface area contributed by atoms with Crippen molar-refractivity contribution >= 4 is 60.5 Å². The zero-order valence-corrected chi connectivity index (χ0v) is 28.4. The van der Waals surface area contributed by atoms with Crippen LogP contribution in [0.1, 0.15) is 0 Å². The summed E-state index contributed by atoms with van der Waals surface area (Å²) in [6, 6.07) is 71.7. The fraction of sp³-hybridized carbons (Fsp3) is 0. The first-order valence-corrected chi connectivity index (χ1v) is 17.8. The van der Waals surface area contributed by atoms with Gasteiger partial charge in [0.05, 0.1) is 5.69 Å². The molecule has 0 aliphatic carbocycles. The lowest BCUT2D eigenvalue weighted by Crippen LogP contribution is -2.11. The second-order valence-electron chi connectivity index (χ2n) is 13.3. The molecule has 0 fully saturated rings. The summed E-state index contributed by atoms with van der Waals surface area (Å²) in [5, 5.41) is 7.02. The van der Waals surface area contributed by atoms with Crippen LogP contribution in [0.5, 0.6) is 0 Å². The molecule has 10 rings (SSSR count). The second-order valence-corrected chi connectivity index (χ2v) is 13.3. The van der Waals surface area contributed by atoms with Crippen molar-refractivity contribution in [3.05, 3.63) is 200 Å². The van der Waals surface area contributed by atoms with E-state index in [1.54, 1.807) is 0 Å². The molecular formula is C50H33NO. The van der Waals surface area contributed by atoms with E-state index in [1.807, 2.05) is 0 Å². The topological polar surface area (TPSA) is 16.4 Å². The molecule has 0 N–H and O–H groups in total. The SMILES string of the molecule is c1ccc(-c2cccc(N(c3cccc(-c4ccc5ccccc5c4)c3)c3ccccc3-c3cccc4oc5c6ccccc6ccc5c34)c2)cc1. The highest BCUT2D eigenvalue weighted by molar-refractivity contribution is 6.19. The molecule has 0 unspecified atom stereocenters. The Labute approximate surface area is 302 Å². The van der Waals surface area contributed by atoms with Gasteiger partial charge in [-0.3, -0.25) is 0 Å². The van der Waals surface area contributed by atoms with Crippen molar-refractivity contribution in [3.63, 3.8) is 0 Å². The molecule has 0 amide bonds. The van der Waals surface area contributed by atoms with E-state index in [0.717, 1.165) is 55.5 Å². The Morgan fingerprint density at radius 2 is 0.942 bits per heavy atom. The van der Waals surface area contributed by atoms with Crippen molar-refractivity contribution in [3.8, 4) is 33.4 Å². The molecule has 0 atom stereocenters. The van der Waals surface area contributed by atoms with E-state index >= 15 is 0 Å². The van der Waals surface area contributed by atoms with E-state index in [9.17, 15) is 0 Å². The smallest absolute Gasteiger partial charge is 0.143 e. The molecule has 9 aromatic carbocycles. The summed E-state index contributed by atoms with van der Waals surface area (Å²) < 4.78 is 6.64. The van der Waals surface area contributed by atoms with E-state index in [2.05, 4.69) is 205 Å². The number of anilines is 3. The Hall–Kier alpha value is -6.90. The third-order valence-electron chi connectivity index (χ3n) is 10.2. The van der Waals surface area contributed by atoms with E-state index in [-0.39, 0.29) is 0 Å². The molecule has 52 heavy (non-hydrogen) atoms. The zero-order chi connectivity index (χ0) is 34.4. The van der Waals surface area contributed by atoms with Gasteiger partial charge in [-0.05, 0) is 92.5 Å². The Balaban J connectivity index is 1.20. The van der Waals surface area contributed by atoms with Crippen LogP contribution >= 0.6 is 0 Å². The molecule has 10 aromatic rings. The van der Waals surface area contributed by atoms with Crippen LogP contribution in [0.2, 0.25) is 0 Å². The van der Waals surface area contributed by atoms with Crippen molar-refractivity contribution in [1.29, 1.82) is 0 Å². The maximum Gasteiger partial charge on any atom is 0.143 e. The number of benzene rings is 9. The molecule has 244 valence electrons. The van der Waals surface area contributed by atoms with Crippen molar-refractivity contribution in [1.82, 2.24) is 0 Å². The largest absolute Gasteiger partial charge is 0.455 e. The van der Waals surface area contributed by atoms with Gasteiger partial charge in [-0.25, -0.2) is 0 Å². The first-order valence-electron chi connectivity index (χ1n) is 17.8. The number of furan rings is 1. The summed E-state index contributed by atoms with van der Waals surface area (Å²) >= 11 is 0. The summed E-state index contributed by atoms with van der Waals surface area (Å²) in [6.45, 7) is 0. The lowest BCUT2D eigenvalue weighted by molar-refractivity contribution is 0.673. The predicted molar refractivity (Wildman–Crippen MR) is 220 cm³/mol. The second kappa shape index (κ2) is 12.5. The molecule has 2 nitrogen and oxygen atoms in total. The molecule has 0 saturated carbocycles. The summed E-state index contributed by atoms with van der Waals surface area (Å²) in [7, 11) is 0. The van der Waals surface area contributed by atoms with Gasteiger partial charge in [-0.2, -0.15) is 0 Å². The normalized spacial score (nSPS) is 11.5. The maximum atomic E-state index is 6.64. The van der Waals surface area contributed by atoms with Gasteiger partial charge in [0.25, 0.3) is 0 Å². The van der Waals surface area contributed by atoms with Crippen LogP contribution in [0.25, 0.3) is 76.9 Å². The molecule has 0 aliphatic rings. The number of nitrogens with zero attached hydrogens (tertiary/aromatic N) is 1. The first kappa shape index (κ1) is 30.0. The Bertz CT molecular complexity index is 2920. The number of rotatable bonds is 6. The number of hydrogen-bond donors (Lipinski definition) is 0. The van der Waals surface area contributed by atoms with Crippen LogP contribution < -0.4 is 4.90 Å². The van der Waals surface area contributed by atoms with Crippen molar-refractivity contribution in [2.75, 3.05) is 4.90 Å². The lowest BCUT2D eigenvalue weighted by atomic mass is 9.95. The molecule has 1 heterocycles. The van der Waals surface area contributed by atoms with Gasteiger partial charge in [-0.1, -0.05) is 152 Å². The highest BCUT2D eigenvalue weighted by atomic mass is 16.3. The van der Waals surface area contributed by atoms with Gasteiger partial charge in [0.1, 0.15) is 11.2 Å². The molecular weight excluding hydrogens is 631 g/mol. The van der Waals surface area contributed by atoms with E-state index in [4.69, 9.17) is 4.42 Å². The highest BCUT2D eigenvalue weighted by Gasteiger charge is 2.21. The van der Waals surface area contributed by atoms with Crippen LogP contribution in [-0.4, -0.2) is 0 Å². The number of fused-ring (bicyclic) bond motifs is 6. The number of hydrogen-bond acceptors (Lipinski definition) is 2. The van der Waals surface area contributed by atoms with E-state index < -0.39 is 0 Å². The standard InChI is InChI=1S/C50H33NO/c1-2-13-34(14-3-1)38-18-10-20-41(32-38)51(42-21-11-19-39(33-42)40-28-27-35-15-4-5-17-37(35)31-40)47-25-9-8-23-44(47)45-24-12-26-48-49(45)46-30-29-36-16-6-7-22-43(36)50(46)52-48/h1-33H. The first-order chi connectivity index (χ1) is 25.8. The Kier molecular flexibility index (Phi) is 7.18. The van der Waals surface area contributed by atoms with E-state index in [0.29, 0.717) is 0 Å². The van der Waals surface area contributed by atoms with Crippen LogP contribution in [0, 0.1) is 0 Å². The molecule has 2 heteroatoms. The predicted octanol–water partition coefficient (Wildman–Crippen LogP) is 14.4. The van der Waals surface area contributed by atoms with Crippen LogP contribution in [-0.2, 0) is 0 Å². The quantitative estimate of drug-likeness (QED) is 0.176. The van der Waals surface area contributed by atoms with Crippen molar-refractivity contribution < 1.29 is 4.42 Å². The summed E-state index contributed by atoms with van der Waals surface area (Å²) in [5.74, 6) is 0. The van der Waals surface area contributed by atoms with Crippen molar-refractivity contribution in [2.45, 2.75) is 0 Å². The monoisotopic (exact) mass is 663 g/mol. The van der Waals surface area contributed by atoms with Crippen LogP contribution in [0.4, 0.5) is 17.1 Å². The summed E-state index contributed by atoms with van der Waals surface area (Å²) in [5.41, 5.74) is 12.0. The van der Waals surface area contributed by atoms with Gasteiger partial charge in [0.2, 0.25) is 0 Å². The third-order valence-corrected chi connectivity index (χ3v) is 10.2. The van der Waals surface area contributed by atoms with Gasteiger partial charge in [0, 0.05) is 33.1 Å². The molecule has 0 radical (unpaired) electrons.